The van der Waals surface area contributed by atoms with Crippen LogP contribution in [-0.2, 0) is 0 Å². The number of pyridine rings is 1. The second-order valence-electron chi connectivity index (χ2n) is 6.36. The summed E-state index contributed by atoms with van der Waals surface area (Å²) in [5, 5.41) is -0.518. The molecule has 0 bridgehead atoms. The molecule has 0 N–H and O–H groups in total. The minimum absolute atomic E-state index is 0.0925. The summed E-state index contributed by atoms with van der Waals surface area (Å²) in [5.74, 6) is 0.300. The van der Waals surface area contributed by atoms with Gasteiger partial charge in [-0.25, -0.2) is 0 Å². The van der Waals surface area contributed by atoms with E-state index >= 15 is 0 Å². The molecule has 3 rings (SSSR count). The number of ketones is 2. The third-order valence-electron chi connectivity index (χ3n) is 4.92. The van der Waals surface area contributed by atoms with Gasteiger partial charge in [-0.15, -0.1) is 11.8 Å². The number of carbonyl (C=O) groups is 2. The molecule has 23 heavy (non-hydrogen) atoms. The van der Waals surface area contributed by atoms with Crippen molar-refractivity contribution in [3.63, 3.8) is 0 Å². The normalized spacial score (nSPS) is 25.5. The number of carbonyl (C=O) groups excluding carboxylic acids is 2. The topological polar surface area (TPSA) is 59.4 Å². The lowest BCUT2D eigenvalue weighted by Crippen LogP contribution is -2.41. The molecule has 0 aliphatic heterocycles. The van der Waals surface area contributed by atoms with Gasteiger partial charge in [0.2, 0.25) is 11.6 Å². The number of hydrogen-bond donors (Lipinski definition) is 0. The Balaban J connectivity index is 1.95. The van der Waals surface area contributed by atoms with Gasteiger partial charge in [0.15, 0.2) is 0 Å². The van der Waals surface area contributed by atoms with Crippen molar-refractivity contribution in [1.29, 1.82) is 0 Å². The first-order valence-electron chi connectivity index (χ1n) is 8.28. The summed E-state index contributed by atoms with van der Waals surface area (Å²) < 4.78 is 0. The number of thioether (sulfide) groups is 1. The van der Waals surface area contributed by atoms with Crippen molar-refractivity contribution >= 4 is 29.0 Å². The summed E-state index contributed by atoms with van der Waals surface area (Å²) in [6, 6.07) is 3.47. The first kappa shape index (κ1) is 16.4. The Morgan fingerprint density at radius 3 is 2.70 bits per heavy atom. The van der Waals surface area contributed by atoms with Gasteiger partial charge in [0.05, 0.1) is 11.6 Å². The van der Waals surface area contributed by atoms with E-state index in [1.165, 1.54) is 43.9 Å². The third-order valence-corrected chi connectivity index (χ3v) is 5.82. The Hall–Kier alpha value is -1.49. The van der Waals surface area contributed by atoms with E-state index in [9.17, 15) is 9.59 Å². The van der Waals surface area contributed by atoms with E-state index in [-0.39, 0.29) is 17.6 Å². The molecule has 0 spiro atoms. The van der Waals surface area contributed by atoms with Crippen molar-refractivity contribution in [2.24, 2.45) is 10.9 Å². The fourth-order valence-corrected chi connectivity index (χ4v) is 4.29. The van der Waals surface area contributed by atoms with E-state index in [1.807, 2.05) is 6.26 Å². The van der Waals surface area contributed by atoms with Gasteiger partial charge in [0.1, 0.15) is 16.7 Å². The number of aliphatic imine (C=N–C) groups is 1. The van der Waals surface area contributed by atoms with Crippen molar-refractivity contribution in [3.8, 4) is 0 Å². The maximum atomic E-state index is 12.8. The van der Waals surface area contributed by atoms with E-state index in [4.69, 9.17) is 4.99 Å². The smallest absolute Gasteiger partial charge is 0.210 e. The quantitative estimate of drug-likeness (QED) is 0.849. The maximum Gasteiger partial charge on any atom is 0.210 e. The van der Waals surface area contributed by atoms with Crippen molar-refractivity contribution in [3.05, 3.63) is 29.6 Å². The molecule has 1 unspecified atom stereocenters. The average Bonchev–Trinajstić information content (AvgIpc) is 2.60. The molecule has 122 valence electrons. The molecule has 5 heteroatoms. The third kappa shape index (κ3) is 3.11. The van der Waals surface area contributed by atoms with Gasteiger partial charge >= 0.3 is 0 Å². The van der Waals surface area contributed by atoms with Crippen molar-refractivity contribution < 1.29 is 9.59 Å². The van der Waals surface area contributed by atoms with Crippen LogP contribution in [0.15, 0.2) is 23.3 Å². The first-order valence-corrected chi connectivity index (χ1v) is 9.56. The number of rotatable bonds is 3. The summed E-state index contributed by atoms with van der Waals surface area (Å²) in [6.07, 6.45) is 9.53. The summed E-state index contributed by atoms with van der Waals surface area (Å²) in [5.41, 5.74) is 1.11. The molecular weight excluding hydrogens is 308 g/mol. The van der Waals surface area contributed by atoms with Gasteiger partial charge in [0.25, 0.3) is 0 Å². The number of nitrogens with zero attached hydrogens (tertiary/aromatic N) is 2. The standard InChI is InChI=1S/C18H22N2O2S/c1-11(12-7-4-3-5-8-12)20-15-16(21)13-9-6-10-19-14(13)17(22)18(15)23-2/h6,9-12,18H,3-5,7-8H2,1-2H3/t11-,18?/m0/s1. The Labute approximate surface area is 141 Å². The molecule has 2 atom stereocenters. The van der Waals surface area contributed by atoms with Gasteiger partial charge < -0.3 is 0 Å². The molecule has 1 aromatic heterocycles. The lowest BCUT2D eigenvalue weighted by atomic mass is 9.84. The second kappa shape index (κ2) is 6.95. The van der Waals surface area contributed by atoms with Crippen molar-refractivity contribution in [2.45, 2.75) is 50.3 Å². The van der Waals surface area contributed by atoms with Crippen LogP contribution in [-0.4, -0.2) is 39.8 Å². The highest BCUT2D eigenvalue weighted by molar-refractivity contribution is 8.00. The number of Topliss-reactive ketones (excluding diaryl/α,β-unsaturated/α-hetero) is 2. The minimum atomic E-state index is -0.518. The molecule has 0 radical (unpaired) electrons. The zero-order chi connectivity index (χ0) is 16.4. The Morgan fingerprint density at radius 2 is 2.00 bits per heavy atom. The molecule has 1 heterocycles. The zero-order valence-corrected chi connectivity index (χ0v) is 14.4. The molecule has 0 amide bonds. The monoisotopic (exact) mass is 330 g/mol. The van der Waals surface area contributed by atoms with Crippen LogP contribution in [0.25, 0.3) is 0 Å². The molecule has 2 aliphatic carbocycles. The second-order valence-corrected chi connectivity index (χ2v) is 7.30. The Bertz CT molecular complexity index is 650. The largest absolute Gasteiger partial charge is 0.291 e. The van der Waals surface area contributed by atoms with E-state index in [0.717, 1.165) is 0 Å². The fourth-order valence-electron chi connectivity index (χ4n) is 3.58. The molecule has 1 aromatic rings. The zero-order valence-electron chi connectivity index (χ0n) is 13.6. The number of fused-ring (bicyclic) bond motifs is 1. The fraction of sp³-hybridized carbons (Fsp3) is 0.556. The molecule has 0 saturated heterocycles. The predicted octanol–water partition coefficient (Wildman–Crippen LogP) is 3.60. The average molecular weight is 330 g/mol. The first-order chi connectivity index (χ1) is 11.1. The van der Waals surface area contributed by atoms with Crippen LogP contribution in [0.1, 0.15) is 59.9 Å². The van der Waals surface area contributed by atoms with Crippen molar-refractivity contribution in [1.82, 2.24) is 4.98 Å². The molecular formula is C18H22N2O2S. The Morgan fingerprint density at radius 1 is 1.26 bits per heavy atom. The van der Waals surface area contributed by atoms with Crippen LogP contribution >= 0.6 is 11.8 Å². The van der Waals surface area contributed by atoms with E-state index in [0.29, 0.717) is 22.9 Å². The highest BCUT2D eigenvalue weighted by Crippen LogP contribution is 2.30. The summed E-state index contributed by atoms with van der Waals surface area (Å²) >= 11 is 1.38. The van der Waals surface area contributed by atoms with Crippen LogP contribution in [0, 0.1) is 5.92 Å². The summed E-state index contributed by atoms with van der Waals surface area (Å²) in [7, 11) is 0. The molecule has 4 nitrogen and oxygen atoms in total. The van der Waals surface area contributed by atoms with Gasteiger partial charge in [-0.2, -0.15) is 0 Å². The molecule has 1 saturated carbocycles. The number of aromatic nitrogens is 1. The van der Waals surface area contributed by atoms with E-state index in [2.05, 4.69) is 11.9 Å². The highest BCUT2D eigenvalue weighted by Gasteiger charge is 2.39. The van der Waals surface area contributed by atoms with Gasteiger partial charge in [-0.05, 0) is 44.1 Å². The van der Waals surface area contributed by atoms with Gasteiger partial charge in [-0.1, -0.05) is 19.3 Å². The molecule has 1 fully saturated rings. The summed E-state index contributed by atoms with van der Waals surface area (Å²) in [6.45, 7) is 2.08. The van der Waals surface area contributed by atoms with Crippen LogP contribution in [0.5, 0.6) is 0 Å². The van der Waals surface area contributed by atoms with Crippen LogP contribution in [0.3, 0.4) is 0 Å². The highest BCUT2D eigenvalue weighted by atomic mass is 32.2. The minimum Gasteiger partial charge on any atom is -0.291 e. The molecule has 0 aromatic carbocycles. The lowest BCUT2D eigenvalue weighted by molar-refractivity contribution is 0.0964. The van der Waals surface area contributed by atoms with Crippen LogP contribution < -0.4 is 0 Å². The van der Waals surface area contributed by atoms with Gasteiger partial charge in [-0.3, -0.25) is 19.6 Å². The van der Waals surface area contributed by atoms with Crippen LogP contribution in [0.4, 0.5) is 0 Å². The predicted molar refractivity (Wildman–Crippen MR) is 93.7 cm³/mol. The lowest BCUT2D eigenvalue weighted by Gasteiger charge is -2.28. The maximum absolute atomic E-state index is 12.8. The van der Waals surface area contributed by atoms with Crippen LogP contribution in [0.2, 0.25) is 0 Å². The summed E-state index contributed by atoms with van der Waals surface area (Å²) in [4.78, 5) is 34.3. The number of hydrogen-bond acceptors (Lipinski definition) is 5. The Kier molecular flexibility index (Phi) is 4.95. The van der Waals surface area contributed by atoms with E-state index in [1.54, 1.807) is 18.3 Å². The van der Waals surface area contributed by atoms with E-state index < -0.39 is 5.25 Å². The van der Waals surface area contributed by atoms with Crippen molar-refractivity contribution in [2.75, 3.05) is 6.26 Å². The molecule has 2 aliphatic rings. The SMILES string of the molecule is CSC1C(=O)c2ncccc2C(=O)C1=N[C@@H](C)C1CCCCC1. The van der Waals surface area contributed by atoms with Gasteiger partial charge in [0, 0.05) is 6.20 Å².